The number of amidine groups is 1. The molecule has 2 rings (SSSR count). The number of anilines is 1. The summed E-state index contributed by atoms with van der Waals surface area (Å²) in [6.07, 6.45) is 0.264. The molecule has 5 nitrogen and oxygen atoms in total. The molecule has 7 heteroatoms. The molecule has 0 atom stereocenters. The lowest BCUT2D eigenvalue weighted by Gasteiger charge is -2.10. The molecule has 0 aliphatic rings. The molecular formula is C13H12ClN3O2S. The molecule has 2 aromatic rings. The van der Waals surface area contributed by atoms with Gasteiger partial charge in [0.15, 0.2) is 5.84 Å². The van der Waals surface area contributed by atoms with Crippen molar-refractivity contribution in [2.24, 2.45) is 10.9 Å². The topological polar surface area (TPSA) is 87.7 Å². The van der Waals surface area contributed by atoms with E-state index in [-0.39, 0.29) is 18.2 Å². The Labute approximate surface area is 124 Å². The Kier molecular flexibility index (Phi) is 4.60. The Hall–Kier alpha value is -2.05. The number of carbonyl (C=O) groups excluding carboxylic acids is 1. The van der Waals surface area contributed by atoms with Crippen LogP contribution in [0.2, 0.25) is 5.02 Å². The van der Waals surface area contributed by atoms with Crippen LogP contribution in [-0.4, -0.2) is 17.0 Å². The van der Waals surface area contributed by atoms with E-state index in [1.807, 2.05) is 17.5 Å². The summed E-state index contributed by atoms with van der Waals surface area (Å²) in [6, 6.07) is 8.50. The number of amides is 1. The van der Waals surface area contributed by atoms with E-state index in [4.69, 9.17) is 22.5 Å². The summed E-state index contributed by atoms with van der Waals surface area (Å²) in [6.45, 7) is 0. The zero-order valence-electron chi connectivity index (χ0n) is 10.3. The first kappa shape index (κ1) is 14.4. The van der Waals surface area contributed by atoms with Gasteiger partial charge in [0.2, 0.25) is 5.91 Å². The van der Waals surface area contributed by atoms with Crippen LogP contribution in [0.3, 0.4) is 0 Å². The van der Waals surface area contributed by atoms with Crippen LogP contribution in [0.1, 0.15) is 10.4 Å². The maximum Gasteiger partial charge on any atom is 0.229 e. The number of carbonyl (C=O) groups is 1. The van der Waals surface area contributed by atoms with Crippen molar-refractivity contribution < 1.29 is 10.0 Å². The summed E-state index contributed by atoms with van der Waals surface area (Å²) in [5.74, 6) is -0.283. The van der Waals surface area contributed by atoms with E-state index in [0.29, 0.717) is 16.3 Å². The minimum atomic E-state index is -0.193. The third-order valence-electron chi connectivity index (χ3n) is 2.55. The van der Waals surface area contributed by atoms with E-state index in [2.05, 4.69) is 10.5 Å². The van der Waals surface area contributed by atoms with Crippen LogP contribution < -0.4 is 11.1 Å². The Bertz CT molecular complexity index is 641. The minimum absolute atomic E-state index is 0.0897. The summed E-state index contributed by atoms with van der Waals surface area (Å²) in [5.41, 5.74) is 6.39. The second-order valence-corrected chi connectivity index (χ2v) is 5.45. The van der Waals surface area contributed by atoms with Crippen LogP contribution in [0.25, 0.3) is 0 Å². The molecule has 1 aromatic heterocycles. The van der Waals surface area contributed by atoms with Crippen molar-refractivity contribution in [3.8, 4) is 0 Å². The van der Waals surface area contributed by atoms with Crippen molar-refractivity contribution in [3.05, 3.63) is 51.2 Å². The van der Waals surface area contributed by atoms with Crippen LogP contribution in [-0.2, 0) is 11.2 Å². The van der Waals surface area contributed by atoms with E-state index in [9.17, 15) is 4.79 Å². The molecule has 4 N–H and O–H groups in total. The van der Waals surface area contributed by atoms with E-state index in [0.717, 1.165) is 4.88 Å². The van der Waals surface area contributed by atoms with Gasteiger partial charge in [0.05, 0.1) is 12.1 Å². The number of thiophene rings is 1. The lowest BCUT2D eigenvalue weighted by molar-refractivity contribution is -0.115. The molecule has 104 valence electrons. The zero-order chi connectivity index (χ0) is 14.5. The Balaban J connectivity index is 2.19. The summed E-state index contributed by atoms with van der Waals surface area (Å²) in [7, 11) is 0. The Morgan fingerprint density at radius 3 is 2.90 bits per heavy atom. The highest BCUT2D eigenvalue weighted by Gasteiger charge is 2.11. The molecule has 20 heavy (non-hydrogen) atoms. The average molecular weight is 310 g/mol. The standard InChI is InChI=1S/C13H12ClN3O2S/c14-8-3-4-10(13(15)17-19)11(6-8)16-12(18)7-9-2-1-5-20-9/h1-6,19H,7H2,(H2,15,17)(H,16,18). The van der Waals surface area contributed by atoms with Crippen molar-refractivity contribution in [2.75, 3.05) is 5.32 Å². The van der Waals surface area contributed by atoms with Crippen molar-refractivity contribution in [1.82, 2.24) is 0 Å². The molecular weight excluding hydrogens is 298 g/mol. The zero-order valence-corrected chi connectivity index (χ0v) is 11.9. The third kappa shape index (κ3) is 3.49. The number of oxime groups is 1. The molecule has 0 unspecified atom stereocenters. The molecule has 0 radical (unpaired) electrons. The second-order valence-electron chi connectivity index (χ2n) is 3.98. The van der Waals surface area contributed by atoms with Gasteiger partial charge in [-0.1, -0.05) is 22.8 Å². The van der Waals surface area contributed by atoms with Crippen LogP contribution in [0.5, 0.6) is 0 Å². The molecule has 0 spiro atoms. The van der Waals surface area contributed by atoms with E-state index in [1.165, 1.54) is 11.3 Å². The van der Waals surface area contributed by atoms with Gasteiger partial charge in [0, 0.05) is 15.5 Å². The number of hydrogen-bond acceptors (Lipinski definition) is 4. The average Bonchev–Trinajstić information content (AvgIpc) is 2.90. The van der Waals surface area contributed by atoms with Gasteiger partial charge in [-0.15, -0.1) is 11.3 Å². The monoisotopic (exact) mass is 309 g/mol. The van der Waals surface area contributed by atoms with Gasteiger partial charge in [-0.3, -0.25) is 4.79 Å². The summed E-state index contributed by atoms with van der Waals surface area (Å²) < 4.78 is 0. The summed E-state index contributed by atoms with van der Waals surface area (Å²) in [4.78, 5) is 12.9. The first-order chi connectivity index (χ1) is 9.60. The predicted molar refractivity (Wildman–Crippen MR) is 80.6 cm³/mol. The first-order valence-corrected chi connectivity index (χ1v) is 6.95. The molecule has 1 amide bonds. The second kappa shape index (κ2) is 6.40. The molecule has 0 aliphatic carbocycles. The van der Waals surface area contributed by atoms with Gasteiger partial charge >= 0.3 is 0 Å². The summed E-state index contributed by atoms with van der Waals surface area (Å²) >= 11 is 7.40. The van der Waals surface area contributed by atoms with E-state index in [1.54, 1.807) is 18.2 Å². The molecule has 0 fully saturated rings. The number of nitrogens with zero attached hydrogens (tertiary/aromatic N) is 1. The van der Waals surface area contributed by atoms with Gasteiger partial charge in [0.1, 0.15) is 0 Å². The number of halogens is 1. The molecule has 0 saturated carbocycles. The Morgan fingerprint density at radius 1 is 1.45 bits per heavy atom. The highest BCUT2D eigenvalue weighted by Crippen LogP contribution is 2.21. The normalized spacial score (nSPS) is 11.3. The smallest absolute Gasteiger partial charge is 0.229 e. The van der Waals surface area contributed by atoms with Gasteiger partial charge in [0.25, 0.3) is 0 Å². The molecule has 0 aliphatic heterocycles. The fraction of sp³-hybridized carbons (Fsp3) is 0.0769. The fourth-order valence-electron chi connectivity index (χ4n) is 1.66. The maximum atomic E-state index is 12.0. The maximum absolute atomic E-state index is 12.0. The number of nitrogens with one attached hydrogen (secondary N) is 1. The highest BCUT2D eigenvalue weighted by atomic mass is 35.5. The van der Waals surface area contributed by atoms with E-state index < -0.39 is 0 Å². The lowest BCUT2D eigenvalue weighted by Crippen LogP contribution is -2.20. The van der Waals surface area contributed by atoms with Crippen molar-refractivity contribution in [3.63, 3.8) is 0 Å². The van der Waals surface area contributed by atoms with Crippen LogP contribution in [0.4, 0.5) is 5.69 Å². The highest BCUT2D eigenvalue weighted by molar-refractivity contribution is 7.10. The minimum Gasteiger partial charge on any atom is -0.409 e. The SMILES string of the molecule is NC(=NO)c1ccc(Cl)cc1NC(=O)Cc1cccs1. The number of rotatable bonds is 4. The predicted octanol–water partition coefficient (Wildman–Crippen LogP) is 2.68. The molecule has 0 saturated heterocycles. The van der Waals surface area contributed by atoms with Gasteiger partial charge < -0.3 is 16.3 Å². The fourth-order valence-corrected chi connectivity index (χ4v) is 2.54. The summed E-state index contributed by atoms with van der Waals surface area (Å²) in [5, 5.41) is 16.7. The largest absolute Gasteiger partial charge is 0.409 e. The lowest BCUT2D eigenvalue weighted by atomic mass is 10.1. The first-order valence-electron chi connectivity index (χ1n) is 5.70. The van der Waals surface area contributed by atoms with Gasteiger partial charge in [-0.05, 0) is 29.6 Å². The van der Waals surface area contributed by atoms with Crippen molar-refractivity contribution >= 4 is 40.4 Å². The quantitative estimate of drug-likeness (QED) is 0.351. The molecule has 1 aromatic carbocycles. The van der Waals surface area contributed by atoms with Gasteiger partial charge in [-0.25, -0.2) is 0 Å². The van der Waals surface area contributed by atoms with Crippen molar-refractivity contribution in [1.29, 1.82) is 0 Å². The van der Waals surface area contributed by atoms with Crippen LogP contribution in [0.15, 0.2) is 40.9 Å². The number of hydrogen-bond donors (Lipinski definition) is 3. The molecule has 1 heterocycles. The number of benzene rings is 1. The van der Waals surface area contributed by atoms with E-state index >= 15 is 0 Å². The molecule has 0 bridgehead atoms. The van der Waals surface area contributed by atoms with Crippen LogP contribution in [0, 0.1) is 0 Å². The van der Waals surface area contributed by atoms with Crippen molar-refractivity contribution in [2.45, 2.75) is 6.42 Å². The number of nitrogens with two attached hydrogens (primary N) is 1. The Morgan fingerprint density at radius 2 is 2.25 bits per heavy atom. The third-order valence-corrected chi connectivity index (χ3v) is 3.67. The van der Waals surface area contributed by atoms with Crippen LogP contribution >= 0.6 is 22.9 Å². The van der Waals surface area contributed by atoms with Gasteiger partial charge in [-0.2, -0.15) is 0 Å².